The molecule has 0 aliphatic carbocycles. The standard InChI is InChI=1S/C23H23N3O6/c1-5-6-11-26-15-10-8-7-9-13(15)23-12-14(19(27)30-2)24-22(23)25-17(21(29)32-4)16(18(23)26)20(28)31-3/h7-10,14,18H,11-12H2,1-4H3,(H,24,25)/t14?,18?,23-/m0/s1. The highest BCUT2D eigenvalue weighted by molar-refractivity contribution is 6.14. The summed E-state index contributed by atoms with van der Waals surface area (Å²) in [6, 6.07) is 6.16. The van der Waals surface area contributed by atoms with Gasteiger partial charge < -0.3 is 24.4 Å². The smallest absolute Gasteiger partial charge is 0.355 e. The normalized spacial score (nSPS) is 24.8. The fourth-order valence-electron chi connectivity index (χ4n) is 4.92. The van der Waals surface area contributed by atoms with Gasteiger partial charge in [0.15, 0.2) is 6.04 Å². The van der Waals surface area contributed by atoms with Gasteiger partial charge in [-0.25, -0.2) is 14.4 Å². The maximum atomic E-state index is 13.0. The minimum Gasteiger partial charge on any atom is -0.467 e. The van der Waals surface area contributed by atoms with E-state index >= 15 is 0 Å². The molecule has 0 fully saturated rings. The summed E-state index contributed by atoms with van der Waals surface area (Å²) in [5.41, 5.74) is 0.870. The Morgan fingerprint density at radius 2 is 1.88 bits per heavy atom. The first-order valence-electron chi connectivity index (χ1n) is 10.0. The number of amidine groups is 1. The van der Waals surface area contributed by atoms with E-state index in [0.717, 1.165) is 11.3 Å². The van der Waals surface area contributed by atoms with Crippen LogP contribution in [0.5, 0.6) is 0 Å². The number of carbonyl (C=O) groups excluding carboxylic acids is 3. The van der Waals surface area contributed by atoms with Crippen LogP contribution in [0.25, 0.3) is 0 Å². The van der Waals surface area contributed by atoms with Crippen LogP contribution in [0.15, 0.2) is 40.5 Å². The minimum atomic E-state index is -0.897. The van der Waals surface area contributed by atoms with Gasteiger partial charge in [0.2, 0.25) is 0 Å². The molecule has 1 aromatic rings. The number of rotatable bonds is 4. The molecule has 4 rings (SSSR count). The number of aliphatic imine (C=N–C) groups is 1. The van der Waals surface area contributed by atoms with E-state index in [4.69, 9.17) is 14.2 Å². The quantitative estimate of drug-likeness (QED) is 0.417. The van der Waals surface area contributed by atoms with Crippen LogP contribution in [0.2, 0.25) is 0 Å². The van der Waals surface area contributed by atoms with E-state index in [2.05, 4.69) is 22.2 Å². The molecule has 1 aromatic carbocycles. The van der Waals surface area contributed by atoms with Gasteiger partial charge in [-0.1, -0.05) is 24.1 Å². The lowest BCUT2D eigenvalue weighted by molar-refractivity contribution is -0.142. The number of methoxy groups -OCH3 is 3. The molecule has 3 aliphatic rings. The van der Waals surface area contributed by atoms with E-state index in [1.807, 2.05) is 29.2 Å². The Morgan fingerprint density at radius 1 is 1.16 bits per heavy atom. The first-order chi connectivity index (χ1) is 15.4. The van der Waals surface area contributed by atoms with E-state index in [-0.39, 0.29) is 17.7 Å². The lowest BCUT2D eigenvalue weighted by atomic mass is 9.68. The Hall–Kier alpha value is -3.80. The van der Waals surface area contributed by atoms with Crippen LogP contribution in [-0.4, -0.2) is 63.7 Å². The second-order valence-electron chi connectivity index (χ2n) is 7.56. The maximum absolute atomic E-state index is 13.0. The van der Waals surface area contributed by atoms with E-state index < -0.39 is 35.4 Å². The zero-order valence-corrected chi connectivity index (χ0v) is 18.2. The molecule has 166 valence electrons. The number of nitrogens with one attached hydrogen (secondary N) is 1. The van der Waals surface area contributed by atoms with Crippen molar-refractivity contribution in [2.24, 2.45) is 4.99 Å². The number of anilines is 1. The molecule has 0 saturated heterocycles. The first kappa shape index (κ1) is 21.4. The van der Waals surface area contributed by atoms with Gasteiger partial charge in [0.05, 0.1) is 44.9 Å². The van der Waals surface area contributed by atoms with Gasteiger partial charge in [0, 0.05) is 5.69 Å². The number of nitrogens with zero attached hydrogens (tertiary/aromatic N) is 2. The van der Waals surface area contributed by atoms with Crippen molar-refractivity contribution in [2.75, 3.05) is 32.8 Å². The van der Waals surface area contributed by atoms with Crippen LogP contribution < -0.4 is 10.2 Å². The van der Waals surface area contributed by atoms with Crippen molar-refractivity contribution in [1.29, 1.82) is 0 Å². The highest BCUT2D eigenvalue weighted by atomic mass is 16.5. The fourth-order valence-corrected chi connectivity index (χ4v) is 4.92. The van der Waals surface area contributed by atoms with Gasteiger partial charge in [0.25, 0.3) is 0 Å². The van der Waals surface area contributed by atoms with Gasteiger partial charge in [-0.3, -0.25) is 4.99 Å². The van der Waals surface area contributed by atoms with Gasteiger partial charge >= 0.3 is 17.9 Å². The third kappa shape index (κ3) is 2.87. The first-order valence-corrected chi connectivity index (χ1v) is 10.0. The SMILES string of the molecule is CC#CCN1c2ccccc2[C@]23CC(C(=O)OC)N=C2NC(C(=O)OC)=C(C(=O)OC)C13. The summed E-state index contributed by atoms with van der Waals surface area (Å²) in [5.74, 6) is 4.44. The Balaban J connectivity index is 2.03. The Kier molecular flexibility index (Phi) is 5.38. The molecule has 3 heterocycles. The lowest BCUT2D eigenvalue weighted by Gasteiger charge is -2.42. The maximum Gasteiger partial charge on any atom is 0.355 e. The minimum absolute atomic E-state index is 0.0634. The lowest BCUT2D eigenvalue weighted by Crippen LogP contribution is -2.60. The molecule has 32 heavy (non-hydrogen) atoms. The predicted molar refractivity (Wildman–Crippen MR) is 115 cm³/mol. The number of hydrogen-bond acceptors (Lipinski definition) is 9. The molecule has 0 radical (unpaired) electrons. The molecule has 1 N–H and O–H groups in total. The summed E-state index contributed by atoms with van der Waals surface area (Å²) >= 11 is 0. The zero-order valence-electron chi connectivity index (χ0n) is 18.2. The number of benzene rings is 1. The second kappa shape index (κ2) is 8.04. The summed E-state index contributed by atoms with van der Waals surface area (Å²) in [6.45, 7) is 2.03. The largest absolute Gasteiger partial charge is 0.467 e. The fraction of sp³-hybridized carbons (Fsp3) is 0.391. The zero-order chi connectivity index (χ0) is 23.0. The summed E-state index contributed by atoms with van der Waals surface area (Å²) in [7, 11) is 3.78. The number of para-hydroxylation sites is 1. The van der Waals surface area contributed by atoms with Crippen molar-refractivity contribution in [1.82, 2.24) is 5.32 Å². The number of fused-ring (bicyclic) bond motifs is 1. The van der Waals surface area contributed by atoms with Gasteiger partial charge in [-0.15, -0.1) is 5.92 Å². The van der Waals surface area contributed by atoms with Gasteiger partial charge in [0.1, 0.15) is 11.5 Å². The number of ether oxygens (including phenoxy) is 3. The van der Waals surface area contributed by atoms with Crippen LogP contribution in [0.4, 0.5) is 5.69 Å². The summed E-state index contributed by atoms with van der Waals surface area (Å²) in [6.07, 6.45) is 0.259. The van der Waals surface area contributed by atoms with Crippen molar-refractivity contribution in [3.63, 3.8) is 0 Å². The van der Waals surface area contributed by atoms with Crippen LogP contribution in [-0.2, 0) is 34.0 Å². The average molecular weight is 437 g/mol. The van der Waals surface area contributed by atoms with Gasteiger partial charge in [-0.2, -0.15) is 0 Å². The summed E-state index contributed by atoms with van der Waals surface area (Å²) in [5, 5.41) is 3.00. The van der Waals surface area contributed by atoms with Crippen LogP contribution in [0.3, 0.4) is 0 Å². The third-order valence-corrected chi connectivity index (χ3v) is 6.18. The van der Waals surface area contributed by atoms with E-state index in [9.17, 15) is 14.4 Å². The number of carbonyl (C=O) groups is 3. The Morgan fingerprint density at radius 3 is 2.53 bits per heavy atom. The van der Waals surface area contributed by atoms with Crippen LogP contribution >= 0.6 is 0 Å². The van der Waals surface area contributed by atoms with Crippen LogP contribution in [0.1, 0.15) is 18.9 Å². The highest BCUT2D eigenvalue weighted by Gasteiger charge is 2.64. The topological polar surface area (TPSA) is 107 Å². The predicted octanol–water partition coefficient (Wildman–Crippen LogP) is 0.683. The van der Waals surface area contributed by atoms with Crippen LogP contribution in [0, 0.1) is 11.8 Å². The second-order valence-corrected chi connectivity index (χ2v) is 7.56. The van der Waals surface area contributed by atoms with E-state index in [1.54, 1.807) is 6.92 Å². The molecular formula is C23H23N3O6. The Bertz CT molecular complexity index is 1130. The molecule has 1 spiro atoms. The number of hydrogen-bond donors (Lipinski definition) is 1. The molecule has 0 saturated carbocycles. The van der Waals surface area contributed by atoms with Crippen molar-refractivity contribution < 1.29 is 28.6 Å². The molecule has 9 heteroatoms. The van der Waals surface area contributed by atoms with E-state index in [1.165, 1.54) is 21.3 Å². The molecular weight excluding hydrogens is 414 g/mol. The molecule has 9 nitrogen and oxygen atoms in total. The monoisotopic (exact) mass is 437 g/mol. The van der Waals surface area contributed by atoms with Crippen molar-refractivity contribution >= 4 is 29.4 Å². The molecule has 0 bridgehead atoms. The highest BCUT2D eigenvalue weighted by Crippen LogP contribution is 2.55. The molecule has 3 atom stereocenters. The summed E-state index contributed by atoms with van der Waals surface area (Å²) < 4.78 is 15.0. The van der Waals surface area contributed by atoms with Gasteiger partial charge in [-0.05, 0) is 25.0 Å². The molecule has 0 aromatic heterocycles. The molecule has 2 unspecified atom stereocenters. The summed E-state index contributed by atoms with van der Waals surface area (Å²) in [4.78, 5) is 44.7. The van der Waals surface area contributed by atoms with E-state index in [0.29, 0.717) is 12.4 Å². The number of esters is 3. The molecule has 3 aliphatic heterocycles. The third-order valence-electron chi connectivity index (χ3n) is 6.18. The van der Waals surface area contributed by atoms with Crippen molar-refractivity contribution in [3.05, 3.63) is 41.1 Å². The average Bonchev–Trinajstić information content (AvgIpc) is 3.35. The molecule has 0 amide bonds. The van der Waals surface area contributed by atoms with Crippen molar-refractivity contribution in [2.45, 2.75) is 30.8 Å². The Labute approximate surface area is 185 Å². The van der Waals surface area contributed by atoms with Crippen molar-refractivity contribution in [3.8, 4) is 11.8 Å².